The average molecular weight is 459 g/mol. The van der Waals surface area contributed by atoms with E-state index in [2.05, 4.69) is 45.7 Å². The fourth-order valence-electron chi connectivity index (χ4n) is 2.31. The van der Waals surface area contributed by atoms with E-state index in [1.807, 2.05) is 0 Å². The lowest BCUT2D eigenvalue weighted by molar-refractivity contribution is 0.108. The highest BCUT2D eigenvalue weighted by molar-refractivity contribution is 8.11. The molecule has 26 heavy (non-hydrogen) atoms. The van der Waals surface area contributed by atoms with Crippen LogP contribution in [0.4, 0.5) is 0 Å². The normalized spacial score (nSPS) is 15.9. The molecule has 0 spiro atoms. The van der Waals surface area contributed by atoms with Crippen LogP contribution in [0, 0.1) is 5.41 Å². The number of thioether (sulfide) groups is 1. The summed E-state index contributed by atoms with van der Waals surface area (Å²) in [4.78, 5) is 39.1. The Morgan fingerprint density at radius 3 is 2.00 bits per heavy atom. The van der Waals surface area contributed by atoms with E-state index in [0.29, 0.717) is 0 Å². The standard InChI is InChI=1S/C15H28O6P2S2Si/c1-15(2,3)13(21-26(4)5)10-25-12-8-6-11(7-9-12)14(22(16,17)18)23(19,20)24/h6-9,13-14,26H,10H2,1-5H3,(H2,16,17,18)(H2,19,20,24). The lowest BCUT2D eigenvalue weighted by Gasteiger charge is -2.32. The van der Waals surface area contributed by atoms with E-state index in [1.165, 1.54) is 12.1 Å². The van der Waals surface area contributed by atoms with Crippen LogP contribution >= 0.6 is 25.8 Å². The Morgan fingerprint density at radius 2 is 1.65 bits per heavy atom. The van der Waals surface area contributed by atoms with Crippen molar-refractivity contribution in [2.75, 3.05) is 5.75 Å². The van der Waals surface area contributed by atoms with Gasteiger partial charge in [0.1, 0.15) is 0 Å². The number of rotatable bonds is 8. The highest BCUT2D eigenvalue weighted by Gasteiger charge is 2.41. The van der Waals surface area contributed by atoms with Gasteiger partial charge in [-0.2, -0.15) is 0 Å². The van der Waals surface area contributed by atoms with Crippen molar-refractivity contribution < 1.29 is 28.6 Å². The molecule has 0 heterocycles. The first-order valence-corrected chi connectivity index (χ1v) is 16.3. The molecule has 1 aromatic carbocycles. The molecule has 0 aliphatic rings. The van der Waals surface area contributed by atoms with E-state index >= 15 is 0 Å². The highest BCUT2D eigenvalue weighted by atomic mass is 32.5. The smallest absolute Gasteiger partial charge is 0.342 e. The van der Waals surface area contributed by atoms with Crippen molar-refractivity contribution >= 4 is 46.7 Å². The summed E-state index contributed by atoms with van der Waals surface area (Å²) in [6.07, 6.45) is 0.0998. The van der Waals surface area contributed by atoms with Gasteiger partial charge in [-0.1, -0.05) is 32.9 Å². The molecular weight excluding hydrogens is 430 g/mol. The van der Waals surface area contributed by atoms with E-state index in [9.17, 15) is 24.1 Å². The highest BCUT2D eigenvalue weighted by Crippen LogP contribution is 2.70. The molecule has 0 bridgehead atoms. The third-order valence-corrected chi connectivity index (χ3v) is 10.4. The maximum Gasteiger partial charge on any atom is 0.342 e. The quantitative estimate of drug-likeness (QED) is 0.266. The first-order chi connectivity index (χ1) is 11.6. The average Bonchev–Trinajstić information content (AvgIpc) is 2.40. The second kappa shape index (κ2) is 9.31. The predicted molar refractivity (Wildman–Crippen MR) is 114 cm³/mol. The van der Waals surface area contributed by atoms with E-state index in [-0.39, 0.29) is 17.1 Å². The van der Waals surface area contributed by atoms with Gasteiger partial charge in [0.15, 0.2) is 14.4 Å². The molecule has 0 radical (unpaired) electrons. The van der Waals surface area contributed by atoms with Crippen molar-refractivity contribution in [2.24, 2.45) is 5.41 Å². The number of benzene rings is 1. The summed E-state index contributed by atoms with van der Waals surface area (Å²) < 4.78 is 17.7. The van der Waals surface area contributed by atoms with Crippen LogP contribution in [0.15, 0.2) is 29.2 Å². The van der Waals surface area contributed by atoms with Gasteiger partial charge in [0, 0.05) is 10.6 Å². The zero-order valence-electron chi connectivity index (χ0n) is 15.6. The Balaban J connectivity index is 2.93. The summed E-state index contributed by atoms with van der Waals surface area (Å²) in [6, 6.07) is 6.40. The van der Waals surface area contributed by atoms with Gasteiger partial charge in [-0.25, -0.2) is 0 Å². The molecule has 6 nitrogen and oxygen atoms in total. The van der Waals surface area contributed by atoms with Crippen LogP contribution in [0.1, 0.15) is 31.7 Å². The molecule has 0 amide bonds. The fourth-order valence-corrected chi connectivity index (χ4v) is 9.03. The zero-order valence-corrected chi connectivity index (χ0v) is 20.1. The molecule has 11 heteroatoms. The van der Waals surface area contributed by atoms with Crippen LogP contribution in [0.25, 0.3) is 0 Å². The summed E-state index contributed by atoms with van der Waals surface area (Å²) in [5.41, 5.74) is 0.143. The van der Waals surface area contributed by atoms with Crippen molar-refractivity contribution in [1.29, 1.82) is 0 Å². The summed E-state index contributed by atoms with van der Waals surface area (Å²) in [5.74, 6) is 0.758. The van der Waals surface area contributed by atoms with Gasteiger partial charge in [-0.15, -0.1) is 11.8 Å². The van der Waals surface area contributed by atoms with Gasteiger partial charge in [0.05, 0.1) is 6.10 Å². The Labute approximate surface area is 166 Å². The third-order valence-electron chi connectivity index (χ3n) is 3.62. The summed E-state index contributed by atoms with van der Waals surface area (Å²) in [7, 11) is -5.96. The van der Waals surface area contributed by atoms with Crippen molar-refractivity contribution in [3.63, 3.8) is 0 Å². The molecule has 150 valence electrons. The predicted octanol–water partition coefficient (Wildman–Crippen LogP) is 3.66. The molecule has 0 aliphatic heterocycles. The fraction of sp³-hybridized carbons (Fsp3) is 0.600. The lowest BCUT2D eigenvalue weighted by atomic mass is 9.90. The molecule has 1 aromatic rings. The molecule has 0 saturated heterocycles. The molecule has 4 N–H and O–H groups in total. The molecule has 0 aromatic heterocycles. The molecular formula is C15H28O6P2S2Si. The Morgan fingerprint density at radius 1 is 1.15 bits per heavy atom. The van der Waals surface area contributed by atoms with E-state index < -0.39 is 28.5 Å². The first-order valence-electron chi connectivity index (χ1n) is 8.11. The zero-order chi connectivity index (χ0) is 20.3. The molecule has 2 atom stereocenters. The number of hydrogen-bond acceptors (Lipinski definition) is 4. The minimum atomic E-state index is -4.78. The van der Waals surface area contributed by atoms with E-state index in [0.717, 1.165) is 10.6 Å². The van der Waals surface area contributed by atoms with Gasteiger partial charge in [-0.3, -0.25) is 4.57 Å². The maximum atomic E-state index is 11.6. The Kier molecular flexibility index (Phi) is 8.77. The van der Waals surface area contributed by atoms with Crippen LogP contribution in [0.3, 0.4) is 0 Å². The minimum absolute atomic E-state index is 0.00983. The maximum absolute atomic E-state index is 11.6. The SMILES string of the molecule is C[SiH](C)OC(CSc1ccc(C(P(=O)(O)O)P(O)(O)=S)cc1)C(C)(C)C. The lowest BCUT2D eigenvalue weighted by Crippen LogP contribution is -2.35. The largest absolute Gasteiger partial charge is 0.416 e. The van der Waals surface area contributed by atoms with Gasteiger partial charge in [0.2, 0.25) is 6.49 Å². The van der Waals surface area contributed by atoms with Crippen LogP contribution < -0.4 is 0 Å². The number of hydrogen-bond donors (Lipinski definition) is 4. The molecule has 1 rings (SSSR count). The molecule has 2 unspecified atom stereocenters. The molecule has 0 saturated carbocycles. The first kappa shape index (κ1) is 24.5. The summed E-state index contributed by atoms with van der Waals surface area (Å²) in [5, 5.41) is -1.76. The van der Waals surface area contributed by atoms with Crippen molar-refractivity contribution in [2.45, 2.75) is 50.3 Å². The van der Waals surface area contributed by atoms with Gasteiger partial charge >= 0.3 is 7.60 Å². The second-order valence-electron chi connectivity index (χ2n) is 7.47. The van der Waals surface area contributed by atoms with Gasteiger partial charge in [0.25, 0.3) is 0 Å². The van der Waals surface area contributed by atoms with Crippen LogP contribution in [0.2, 0.25) is 13.1 Å². The summed E-state index contributed by atoms with van der Waals surface area (Å²) >= 11 is 6.14. The van der Waals surface area contributed by atoms with E-state index in [1.54, 1.807) is 23.9 Å². The Bertz CT molecular complexity index is 658. The van der Waals surface area contributed by atoms with Crippen molar-refractivity contribution in [3.05, 3.63) is 29.8 Å². The second-order valence-corrected chi connectivity index (χ2v) is 16.3. The third kappa shape index (κ3) is 7.84. The van der Waals surface area contributed by atoms with Crippen molar-refractivity contribution in [3.8, 4) is 0 Å². The van der Waals surface area contributed by atoms with Crippen LogP contribution in [0.5, 0.6) is 0 Å². The van der Waals surface area contributed by atoms with Crippen LogP contribution in [-0.4, -0.2) is 40.5 Å². The minimum Gasteiger partial charge on any atom is -0.416 e. The van der Waals surface area contributed by atoms with Crippen LogP contribution in [-0.2, 0) is 20.8 Å². The molecule has 0 aliphatic carbocycles. The monoisotopic (exact) mass is 458 g/mol. The summed E-state index contributed by atoms with van der Waals surface area (Å²) in [6.45, 7) is 6.52. The van der Waals surface area contributed by atoms with Gasteiger partial charge in [-0.05, 0) is 48.0 Å². The van der Waals surface area contributed by atoms with Crippen molar-refractivity contribution in [1.82, 2.24) is 0 Å². The van der Waals surface area contributed by atoms with Gasteiger partial charge < -0.3 is 24.0 Å². The topological polar surface area (TPSA) is 107 Å². The van der Waals surface area contributed by atoms with E-state index in [4.69, 9.17) is 4.43 Å². The Hall–Kier alpha value is 0.467. The molecule has 0 fully saturated rings.